The van der Waals surface area contributed by atoms with E-state index < -0.39 is 6.04 Å². The van der Waals surface area contributed by atoms with Gasteiger partial charge in [-0.3, -0.25) is 14.4 Å². The largest absolute Gasteiger partial charge is 0.497 e. The van der Waals surface area contributed by atoms with E-state index in [9.17, 15) is 14.4 Å². The maximum absolute atomic E-state index is 12.7. The Kier molecular flexibility index (Phi) is 6.90. The third-order valence-electron chi connectivity index (χ3n) is 5.59. The Balaban J connectivity index is 1.65. The average molecular weight is 399 g/mol. The number of benzene rings is 1. The minimum Gasteiger partial charge on any atom is -0.497 e. The van der Waals surface area contributed by atoms with Crippen LogP contribution in [0.4, 0.5) is 0 Å². The Morgan fingerprint density at radius 1 is 1.17 bits per heavy atom. The highest BCUT2D eigenvalue weighted by Crippen LogP contribution is 2.33. The van der Waals surface area contributed by atoms with Crippen LogP contribution in [0.15, 0.2) is 36.9 Å². The van der Waals surface area contributed by atoms with Crippen LogP contribution in [0.5, 0.6) is 5.75 Å². The van der Waals surface area contributed by atoms with Crippen LogP contribution < -0.4 is 15.4 Å². The summed E-state index contributed by atoms with van der Waals surface area (Å²) in [5, 5.41) is 5.69. The van der Waals surface area contributed by atoms with Crippen molar-refractivity contribution in [1.29, 1.82) is 0 Å². The van der Waals surface area contributed by atoms with Crippen LogP contribution in [0.3, 0.4) is 0 Å². The summed E-state index contributed by atoms with van der Waals surface area (Å²) in [7, 11) is 1.56. The Morgan fingerprint density at radius 3 is 2.38 bits per heavy atom. The van der Waals surface area contributed by atoms with Crippen LogP contribution in [0.2, 0.25) is 0 Å². The van der Waals surface area contributed by atoms with Crippen LogP contribution >= 0.6 is 0 Å². The summed E-state index contributed by atoms with van der Waals surface area (Å²) in [6.07, 6.45) is 4.96. The number of piperidine rings is 1. The first-order chi connectivity index (χ1) is 14.0. The molecule has 1 aromatic rings. The molecule has 0 unspecified atom stereocenters. The Labute approximate surface area is 171 Å². The van der Waals surface area contributed by atoms with Crippen molar-refractivity contribution in [3.63, 3.8) is 0 Å². The summed E-state index contributed by atoms with van der Waals surface area (Å²) in [6, 6.07) is 6.11. The molecule has 2 N–H and O–H groups in total. The van der Waals surface area contributed by atoms with Crippen LogP contribution in [-0.2, 0) is 9.59 Å². The number of amides is 3. The number of nitrogens with one attached hydrogen (secondary N) is 2. The standard InChI is InChI=1S/C22H29N3O4/c1-3-12-23-21(27)19(24-20(26)16-6-8-18(29-2)9-7-16)15-10-13-25(14-11-15)22(28)17-4-5-17/h3,6-9,15,17,19H,1,4-5,10-14H2,2H3,(H,23,27)(H,24,26)/t19-/m0/s1. The van der Waals surface area contributed by atoms with Gasteiger partial charge in [-0.1, -0.05) is 6.08 Å². The second-order valence-electron chi connectivity index (χ2n) is 7.65. The molecule has 7 heteroatoms. The summed E-state index contributed by atoms with van der Waals surface area (Å²) in [4.78, 5) is 39.6. The van der Waals surface area contributed by atoms with Crippen LogP contribution in [0.25, 0.3) is 0 Å². The monoisotopic (exact) mass is 399 g/mol. The predicted octanol–water partition coefficient (Wildman–Crippen LogP) is 1.74. The molecule has 1 aliphatic heterocycles. The molecule has 29 heavy (non-hydrogen) atoms. The minimum absolute atomic E-state index is 0.0229. The molecule has 0 aromatic heterocycles. The highest BCUT2D eigenvalue weighted by atomic mass is 16.5. The topological polar surface area (TPSA) is 87.7 Å². The fourth-order valence-corrected chi connectivity index (χ4v) is 3.69. The SMILES string of the molecule is C=CCNC(=O)[C@@H](NC(=O)c1ccc(OC)cc1)C1CCN(C(=O)C2CC2)CC1. The summed E-state index contributed by atoms with van der Waals surface area (Å²) in [5.41, 5.74) is 0.466. The third-order valence-corrected chi connectivity index (χ3v) is 5.59. The number of carbonyl (C=O) groups is 3. The van der Waals surface area contributed by atoms with Crippen molar-refractivity contribution in [3.05, 3.63) is 42.5 Å². The van der Waals surface area contributed by atoms with E-state index in [4.69, 9.17) is 4.74 Å². The fourth-order valence-electron chi connectivity index (χ4n) is 3.69. The Hall–Kier alpha value is -2.83. The normalized spacial score (nSPS) is 17.9. The number of carbonyl (C=O) groups excluding carboxylic acids is 3. The van der Waals surface area contributed by atoms with E-state index >= 15 is 0 Å². The van der Waals surface area contributed by atoms with Gasteiger partial charge >= 0.3 is 0 Å². The van der Waals surface area contributed by atoms with Gasteiger partial charge in [0.05, 0.1) is 7.11 Å². The smallest absolute Gasteiger partial charge is 0.251 e. The van der Waals surface area contributed by atoms with Crippen molar-refractivity contribution >= 4 is 17.7 Å². The number of rotatable bonds is 8. The van der Waals surface area contributed by atoms with Gasteiger partial charge in [-0.15, -0.1) is 6.58 Å². The highest BCUT2D eigenvalue weighted by Gasteiger charge is 2.38. The molecule has 1 saturated heterocycles. The molecule has 3 amide bonds. The van der Waals surface area contributed by atoms with E-state index in [1.807, 2.05) is 4.90 Å². The molecular formula is C22H29N3O4. The van der Waals surface area contributed by atoms with Crippen LogP contribution in [0.1, 0.15) is 36.0 Å². The Morgan fingerprint density at radius 2 is 1.83 bits per heavy atom. The van der Waals surface area contributed by atoms with Gasteiger partial charge < -0.3 is 20.3 Å². The van der Waals surface area contributed by atoms with Gasteiger partial charge in [0.2, 0.25) is 11.8 Å². The average Bonchev–Trinajstić information content (AvgIpc) is 3.61. The van der Waals surface area contributed by atoms with E-state index in [2.05, 4.69) is 17.2 Å². The molecule has 2 fully saturated rings. The van der Waals surface area contributed by atoms with Gasteiger partial charge in [-0.05, 0) is 55.9 Å². The lowest BCUT2D eigenvalue weighted by Gasteiger charge is -2.36. The molecule has 1 heterocycles. The molecule has 1 aromatic carbocycles. The van der Waals surface area contributed by atoms with Crippen molar-refractivity contribution in [3.8, 4) is 5.75 Å². The number of nitrogens with zero attached hydrogens (tertiary/aromatic N) is 1. The molecule has 0 spiro atoms. The van der Waals surface area contributed by atoms with Gasteiger partial charge in [0.15, 0.2) is 0 Å². The van der Waals surface area contributed by atoms with Crippen molar-refractivity contribution < 1.29 is 19.1 Å². The van der Waals surface area contributed by atoms with Crippen molar-refractivity contribution in [1.82, 2.24) is 15.5 Å². The molecule has 0 radical (unpaired) electrons. The zero-order valence-corrected chi connectivity index (χ0v) is 16.9. The maximum atomic E-state index is 12.7. The van der Waals surface area contributed by atoms with Gasteiger partial charge in [-0.2, -0.15) is 0 Å². The first-order valence-corrected chi connectivity index (χ1v) is 10.2. The number of methoxy groups -OCH3 is 1. The Bertz CT molecular complexity index is 750. The third kappa shape index (κ3) is 5.37. The number of likely N-dealkylation sites (tertiary alicyclic amines) is 1. The minimum atomic E-state index is -0.650. The van der Waals surface area contributed by atoms with Crippen molar-refractivity contribution in [2.75, 3.05) is 26.7 Å². The highest BCUT2D eigenvalue weighted by molar-refractivity contribution is 5.97. The summed E-state index contributed by atoms with van der Waals surface area (Å²) in [5.74, 6) is 0.549. The van der Waals surface area contributed by atoms with Crippen molar-refractivity contribution in [2.24, 2.45) is 11.8 Å². The van der Waals surface area contributed by atoms with Gasteiger partial charge in [0.1, 0.15) is 11.8 Å². The molecule has 7 nitrogen and oxygen atoms in total. The molecule has 3 rings (SSSR count). The zero-order chi connectivity index (χ0) is 20.8. The number of ether oxygens (including phenoxy) is 1. The lowest BCUT2D eigenvalue weighted by molar-refractivity contribution is -0.134. The second-order valence-corrected chi connectivity index (χ2v) is 7.65. The fraction of sp³-hybridized carbons (Fsp3) is 0.500. The molecular weight excluding hydrogens is 370 g/mol. The molecule has 0 bridgehead atoms. The van der Waals surface area contributed by atoms with E-state index in [1.54, 1.807) is 37.5 Å². The van der Waals surface area contributed by atoms with Gasteiger partial charge in [0, 0.05) is 31.1 Å². The second kappa shape index (κ2) is 9.58. The van der Waals surface area contributed by atoms with Gasteiger partial charge in [-0.25, -0.2) is 0 Å². The van der Waals surface area contributed by atoms with Crippen LogP contribution in [0, 0.1) is 11.8 Å². The molecule has 1 saturated carbocycles. The molecule has 1 atom stereocenters. The molecule has 2 aliphatic rings. The summed E-state index contributed by atoms with van der Waals surface area (Å²) >= 11 is 0. The number of hydrogen-bond acceptors (Lipinski definition) is 4. The molecule has 1 aliphatic carbocycles. The lowest BCUT2D eigenvalue weighted by atomic mass is 9.88. The van der Waals surface area contributed by atoms with E-state index in [1.165, 1.54) is 0 Å². The summed E-state index contributed by atoms with van der Waals surface area (Å²) in [6.45, 7) is 5.22. The van der Waals surface area contributed by atoms with Crippen molar-refractivity contribution in [2.45, 2.75) is 31.7 Å². The van der Waals surface area contributed by atoms with Crippen LogP contribution in [-0.4, -0.2) is 55.4 Å². The van der Waals surface area contributed by atoms with Gasteiger partial charge in [0.25, 0.3) is 5.91 Å². The van der Waals surface area contributed by atoms with E-state index in [0.29, 0.717) is 43.8 Å². The van der Waals surface area contributed by atoms with E-state index in [0.717, 1.165) is 12.8 Å². The maximum Gasteiger partial charge on any atom is 0.251 e. The van der Waals surface area contributed by atoms with E-state index in [-0.39, 0.29) is 29.6 Å². The summed E-state index contributed by atoms with van der Waals surface area (Å²) < 4.78 is 5.12. The first kappa shape index (κ1) is 20.9. The predicted molar refractivity (Wildman–Crippen MR) is 109 cm³/mol. The lowest BCUT2D eigenvalue weighted by Crippen LogP contribution is -2.54. The quantitative estimate of drug-likeness (QED) is 0.652. The number of hydrogen-bond donors (Lipinski definition) is 2. The molecule has 156 valence electrons. The zero-order valence-electron chi connectivity index (χ0n) is 16.9. The first-order valence-electron chi connectivity index (χ1n) is 10.2.